The highest BCUT2D eigenvalue weighted by Crippen LogP contribution is 2.20. The molecule has 0 aliphatic carbocycles. The molecule has 0 bridgehead atoms. The predicted molar refractivity (Wildman–Crippen MR) is 58.8 cm³/mol. The summed E-state index contributed by atoms with van der Waals surface area (Å²) in [5, 5.41) is 7.74. The van der Waals surface area contributed by atoms with Crippen LogP contribution in [0.3, 0.4) is 0 Å². The minimum absolute atomic E-state index is 0.314. The van der Waals surface area contributed by atoms with Crippen molar-refractivity contribution >= 4 is 22.2 Å². The lowest BCUT2D eigenvalue weighted by Gasteiger charge is -2.05. The number of hydrogen-bond acceptors (Lipinski definition) is 3. The van der Waals surface area contributed by atoms with Gasteiger partial charge in [-0.1, -0.05) is 17.3 Å². The Morgan fingerprint density at radius 2 is 2.20 bits per heavy atom. The molecule has 15 heavy (non-hydrogen) atoms. The maximum atomic E-state index is 10.5. The van der Waals surface area contributed by atoms with Crippen LogP contribution in [0.2, 0.25) is 0 Å². The van der Waals surface area contributed by atoms with Crippen LogP contribution in [0.15, 0.2) is 34.9 Å². The summed E-state index contributed by atoms with van der Waals surface area (Å²) in [5.74, 6) is 0. The van der Waals surface area contributed by atoms with E-state index in [1.165, 1.54) is 0 Å². The van der Waals surface area contributed by atoms with E-state index in [1.54, 1.807) is 10.9 Å². The summed E-state index contributed by atoms with van der Waals surface area (Å²) in [6.07, 6.45) is 2.74. The standard InChI is InChI=1S/C10H8BrN3O/c11-9-3-1-2-4-10(9)14-8(5-6-15)7-12-13-14/h1-4,6-7H,5H2. The molecule has 1 aromatic carbocycles. The van der Waals surface area contributed by atoms with Gasteiger partial charge in [-0.05, 0) is 28.1 Å². The van der Waals surface area contributed by atoms with Crippen LogP contribution in [-0.4, -0.2) is 21.3 Å². The quantitative estimate of drug-likeness (QED) is 0.795. The van der Waals surface area contributed by atoms with Crippen molar-refractivity contribution in [1.29, 1.82) is 0 Å². The molecular weight excluding hydrogens is 258 g/mol. The third kappa shape index (κ3) is 1.97. The van der Waals surface area contributed by atoms with Crippen LogP contribution in [0.4, 0.5) is 0 Å². The molecule has 5 heteroatoms. The fourth-order valence-electron chi connectivity index (χ4n) is 1.31. The summed E-state index contributed by atoms with van der Waals surface area (Å²) in [7, 11) is 0. The van der Waals surface area contributed by atoms with Crippen molar-refractivity contribution < 1.29 is 4.79 Å². The van der Waals surface area contributed by atoms with Gasteiger partial charge in [0.25, 0.3) is 0 Å². The van der Waals surface area contributed by atoms with Crippen molar-refractivity contribution in [1.82, 2.24) is 15.0 Å². The van der Waals surface area contributed by atoms with Gasteiger partial charge in [-0.15, -0.1) is 5.10 Å². The normalized spacial score (nSPS) is 10.2. The van der Waals surface area contributed by atoms with Crippen LogP contribution < -0.4 is 0 Å². The van der Waals surface area contributed by atoms with Crippen LogP contribution in [0.5, 0.6) is 0 Å². The highest BCUT2D eigenvalue weighted by molar-refractivity contribution is 9.10. The molecule has 0 amide bonds. The number of nitrogens with zero attached hydrogens (tertiary/aromatic N) is 3. The van der Waals surface area contributed by atoms with Crippen LogP contribution in [-0.2, 0) is 11.2 Å². The highest BCUT2D eigenvalue weighted by Gasteiger charge is 2.07. The van der Waals surface area contributed by atoms with E-state index in [4.69, 9.17) is 0 Å². The zero-order valence-electron chi connectivity index (χ0n) is 7.80. The first-order chi connectivity index (χ1) is 7.33. The number of carbonyl (C=O) groups excluding carboxylic acids is 1. The van der Waals surface area contributed by atoms with Gasteiger partial charge < -0.3 is 4.79 Å². The molecule has 0 spiro atoms. The second-order valence-electron chi connectivity index (χ2n) is 2.96. The van der Waals surface area contributed by atoms with Crippen LogP contribution in [0.25, 0.3) is 5.69 Å². The van der Waals surface area contributed by atoms with Gasteiger partial charge in [-0.25, -0.2) is 4.68 Å². The van der Waals surface area contributed by atoms with E-state index in [2.05, 4.69) is 26.2 Å². The maximum absolute atomic E-state index is 10.5. The first-order valence-corrected chi connectivity index (χ1v) is 5.20. The average molecular weight is 266 g/mol. The van der Waals surface area contributed by atoms with E-state index in [-0.39, 0.29) is 0 Å². The van der Waals surface area contributed by atoms with E-state index in [9.17, 15) is 4.79 Å². The lowest BCUT2D eigenvalue weighted by molar-refractivity contribution is -0.107. The van der Waals surface area contributed by atoms with E-state index >= 15 is 0 Å². The molecule has 0 radical (unpaired) electrons. The summed E-state index contributed by atoms with van der Waals surface area (Å²) in [6, 6.07) is 7.66. The van der Waals surface area contributed by atoms with E-state index < -0.39 is 0 Å². The molecule has 0 atom stereocenters. The molecule has 1 aromatic heterocycles. The summed E-state index contributed by atoms with van der Waals surface area (Å²) in [6.45, 7) is 0. The van der Waals surface area contributed by atoms with Gasteiger partial charge >= 0.3 is 0 Å². The largest absolute Gasteiger partial charge is 0.303 e. The first kappa shape index (κ1) is 10.0. The van der Waals surface area contributed by atoms with Crippen LogP contribution in [0, 0.1) is 0 Å². The van der Waals surface area contributed by atoms with Crippen LogP contribution in [0.1, 0.15) is 5.69 Å². The Balaban J connectivity index is 2.49. The molecule has 2 rings (SSSR count). The van der Waals surface area contributed by atoms with Crippen molar-refractivity contribution in [2.24, 2.45) is 0 Å². The minimum atomic E-state index is 0.314. The van der Waals surface area contributed by atoms with Gasteiger partial charge in [0.15, 0.2) is 0 Å². The van der Waals surface area contributed by atoms with Crippen LogP contribution >= 0.6 is 15.9 Å². The number of benzene rings is 1. The van der Waals surface area contributed by atoms with Gasteiger partial charge in [0.2, 0.25) is 0 Å². The number of aldehydes is 1. The maximum Gasteiger partial charge on any atom is 0.126 e. The fraction of sp³-hybridized carbons (Fsp3) is 0.100. The molecule has 0 N–H and O–H groups in total. The Bertz CT molecular complexity index is 481. The Kier molecular flexibility index (Phi) is 2.91. The van der Waals surface area contributed by atoms with E-state index in [1.807, 2.05) is 24.3 Å². The van der Waals surface area contributed by atoms with Crippen molar-refractivity contribution in [3.63, 3.8) is 0 Å². The number of hydrogen-bond donors (Lipinski definition) is 0. The van der Waals surface area contributed by atoms with E-state index in [0.717, 1.165) is 22.1 Å². The van der Waals surface area contributed by atoms with Crippen molar-refractivity contribution in [2.75, 3.05) is 0 Å². The second kappa shape index (κ2) is 4.35. The molecule has 2 aromatic rings. The van der Waals surface area contributed by atoms with Crippen molar-refractivity contribution in [3.05, 3.63) is 40.6 Å². The monoisotopic (exact) mass is 265 g/mol. The zero-order valence-corrected chi connectivity index (χ0v) is 9.39. The van der Waals surface area contributed by atoms with Gasteiger partial charge in [-0.2, -0.15) is 0 Å². The average Bonchev–Trinajstić information content (AvgIpc) is 2.67. The predicted octanol–water partition coefficient (Wildman–Crippen LogP) is 1.77. The third-order valence-electron chi connectivity index (χ3n) is 1.99. The Labute approximate surface area is 95.0 Å². The van der Waals surface area contributed by atoms with Crippen molar-refractivity contribution in [3.8, 4) is 5.69 Å². The summed E-state index contributed by atoms with van der Waals surface area (Å²) in [5.41, 5.74) is 1.66. The second-order valence-corrected chi connectivity index (χ2v) is 3.81. The smallest absolute Gasteiger partial charge is 0.126 e. The number of carbonyl (C=O) groups is 1. The molecule has 0 aliphatic heterocycles. The SMILES string of the molecule is O=CCc1cnnn1-c1ccccc1Br. The highest BCUT2D eigenvalue weighted by atomic mass is 79.9. The molecule has 0 aliphatic rings. The van der Waals surface area contributed by atoms with Gasteiger partial charge in [-0.3, -0.25) is 0 Å². The van der Waals surface area contributed by atoms with Gasteiger partial charge in [0.1, 0.15) is 6.29 Å². The zero-order chi connectivity index (χ0) is 10.7. The number of aromatic nitrogens is 3. The summed E-state index contributed by atoms with van der Waals surface area (Å²) >= 11 is 3.43. The Morgan fingerprint density at radius 3 is 2.93 bits per heavy atom. The van der Waals surface area contributed by atoms with Crippen molar-refractivity contribution in [2.45, 2.75) is 6.42 Å². The van der Waals surface area contributed by atoms with E-state index in [0.29, 0.717) is 6.42 Å². The molecule has 0 saturated heterocycles. The van der Waals surface area contributed by atoms with Gasteiger partial charge in [0, 0.05) is 10.9 Å². The Morgan fingerprint density at radius 1 is 1.40 bits per heavy atom. The Hall–Kier alpha value is -1.49. The molecule has 1 heterocycles. The van der Waals surface area contributed by atoms with Gasteiger partial charge in [0.05, 0.1) is 17.6 Å². The number of para-hydroxylation sites is 1. The molecular formula is C10H8BrN3O. The fourth-order valence-corrected chi connectivity index (χ4v) is 1.76. The third-order valence-corrected chi connectivity index (χ3v) is 2.66. The molecule has 76 valence electrons. The summed E-state index contributed by atoms with van der Waals surface area (Å²) < 4.78 is 2.57. The first-order valence-electron chi connectivity index (χ1n) is 4.41. The molecule has 0 fully saturated rings. The number of halogens is 1. The minimum Gasteiger partial charge on any atom is -0.303 e. The lowest BCUT2D eigenvalue weighted by Crippen LogP contribution is -2.03. The lowest BCUT2D eigenvalue weighted by atomic mass is 10.3. The summed E-state index contributed by atoms with van der Waals surface area (Å²) in [4.78, 5) is 10.5. The number of rotatable bonds is 3. The molecule has 0 unspecified atom stereocenters. The molecule has 4 nitrogen and oxygen atoms in total. The topological polar surface area (TPSA) is 47.8 Å². The molecule has 0 saturated carbocycles.